The summed E-state index contributed by atoms with van der Waals surface area (Å²) in [5.74, 6) is 0.198. The lowest BCUT2D eigenvalue weighted by molar-refractivity contribution is 0.0993. The highest BCUT2D eigenvalue weighted by atomic mass is 32.1. The number of carbonyl (C=O) groups is 1. The number of hydrogen-bond acceptors (Lipinski definition) is 2. The fourth-order valence-corrected chi connectivity index (χ4v) is 2.54. The minimum absolute atomic E-state index is 0.0826. The first-order valence-electron chi connectivity index (χ1n) is 6.13. The third kappa shape index (κ3) is 3.08. The molecule has 2 aromatic rings. The molecule has 1 heterocycles. The lowest BCUT2D eigenvalue weighted by Crippen LogP contribution is -2.12. The maximum Gasteiger partial charge on any atom is 0.168 e. The minimum atomic E-state index is 0.0826. The van der Waals surface area contributed by atoms with Crippen molar-refractivity contribution < 1.29 is 4.79 Å². The van der Waals surface area contributed by atoms with Crippen molar-refractivity contribution in [2.75, 3.05) is 0 Å². The van der Waals surface area contributed by atoms with Crippen molar-refractivity contribution >= 4 is 17.1 Å². The van der Waals surface area contributed by atoms with Gasteiger partial charge in [-0.3, -0.25) is 4.79 Å². The molecule has 1 aromatic carbocycles. The van der Waals surface area contributed by atoms with Crippen LogP contribution in [0, 0.1) is 0 Å². The van der Waals surface area contributed by atoms with E-state index >= 15 is 0 Å². The topological polar surface area (TPSA) is 17.1 Å². The fourth-order valence-electron chi connectivity index (χ4n) is 1.83. The second kappa shape index (κ2) is 5.07. The lowest BCUT2D eigenvalue weighted by atomic mass is 9.85. The van der Waals surface area contributed by atoms with Crippen molar-refractivity contribution in [1.29, 1.82) is 0 Å². The highest BCUT2D eigenvalue weighted by Crippen LogP contribution is 2.23. The molecule has 94 valence electrons. The number of Topliss-reactive ketones (excluding diaryl/α,β-unsaturated/α-hetero) is 1. The van der Waals surface area contributed by atoms with E-state index in [0.717, 1.165) is 10.4 Å². The van der Waals surface area contributed by atoms with Crippen LogP contribution in [0.25, 0.3) is 0 Å². The molecule has 0 aliphatic carbocycles. The summed E-state index contributed by atoms with van der Waals surface area (Å²) in [4.78, 5) is 13.3. The minimum Gasteiger partial charge on any atom is -0.294 e. The quantitative estimate of drug-likeness (QED) is 0.742. The van der Waals surface area contributed by atoms with Crippen molar-refractivity contribution in [2.45, 2.75) is 32.6 Å². The second-order valence-corrected chi connectivity index (χ2v) is 6.54. The lowest BCUT2D eigenvalue weighted by Gasteiger charge is -2.19. The summed E-state index contributed by atoms with van der Waals surface area (Å²) in [6.07, 6.45) is 0.505. The van der Waals surface area contributed by atoms with Crippen LogP contribution in [0.4, 0.5) is 0 Å². The highest BCUT2D eigenvalue weighted by molar-refractivity contribution is 7.10. The van der Waals surface area contributed by atoms with Crippen LogP contribution in [-0.4, -0.2) is 5.78 Å². The zero-order valence-electron chi connectivity index (χ0n) is 11.1. The molecule has 0 aliphatic heterocycles. The van der Waals surface area contributed by atoms with Gasteiger partial charge in [0.2, 0.25) is 0 Å². The molecule has 0 aliphatic rings. The summed E-state index contributed by atoms with van der Waals surface area (Å²) in [7, 11) is 0. The van der Waals surface area contributed by atoms with E-state index in [-0.39, 0.29) is 11.2 Å². The van der Waals surface area contributed by atoms with Crippen molar-refractivity contribution in [1.82, 2.24) is 0 Å². The molecule has 0 unspecified atom stereocenters. The van der Waals surface area contributed by atoms with Gasteiger partial charge in [0.25, 0.3) is 0 Å². The first kappa shape index (κ1) is 13.0. The SMILES string of the molecule is CC(C)(C)c1cccc(C(=O)Cc2cccs2)c1. The standard InChI is InChI=1S/C16H18OS/c1-16(2,3)13-7-4-6-12(10-13)15(17)11-14-8-5-9-18-14/h4-10H,11H2,1-3H3. The molecule has 1 nitrogen and oxygen atoms in total. The maximum atomic E-state index is 12.2. The Morgan fingerprint density at radius 2 is 1.94 bits per heavy atom. The van der Waals surface area contributed by atoms with E-state index in [1.165, 1.54) is 5.56 Å². The molecule has 0 fully saturated rings. The van der Waals surface area contributed by atoms with Gasteiger partial charge in [-0.25, -0.2) is 0 Å². The average Bonchev–Trinajstić information content (AvgIpc) is 2.81. The van der Waals surface area contributed by atoms with E-state index in [2.05, 4.69) is 26.8 Å². The van der Waals surface area contributed by atoms with Gasteiger partial charge in [0.1, 0.15) is 0 Å². The van der Waals surface area contributed by atoms with Gasteiger partial charge in [-0.1, -0.05) is 45.0 Å². The Balaban J connectivity index is 2.21. The van der Waals surface area contributed by atoms with Gasteiger partial charge in [0, 0.05) is 16.9 Å². The molecule has 0 amide bonds. The molecule has 18 heavy (non-hydrogen) atoms. The first-order valence-corrected chi connectivity index (χ1v) is 7.01. The summed E-state index contributed by atoms with van der Waals surface area (Å²) >= 11 is 1.63. The second-order valence-electron chi connectivity index (χ2n) is 5.51. The Morgan fingerprint density at radius 1 is 1.17 bits per heavy atom. The van der Waals surface area contributed by atoms with Gasteiger partial charge < -0.3 is 0 Å². The predicted octanol–water partition coefficient (Wildman–Crippen LogP) is 4.47. The molecular weight excluding hydrogens is 240 g/mol. The molecule has 0 N–H and O–H groups in total. The van der Waals surface area contributed by atoms with Crippen LogP contribution in [0.1, 0.15) is 41.6 Å². The smallest absolute Gasteiger partial charge is 0.168 e. The first-order chi connectivity index (χ1) is 8.47. The number of ketones is 1. The van der Waals surface area contributed by atoms with Crippen molar-refractivity contribution in [3.8, 4) is 0 Å². The Hall–Kier alpha value is -1.41. The van der Waals surface area contributed by atoms with Crippen LogP contribution in [0.3, 0.4) is 0 Å². The third-order valence-electron chi connectivity index (χ3n) is 2.97. The fraction of sp³-hybridized carbons (Fsp3) is 0.312. The molecule has 0 spiro atoms. The van der Waals surface area contributed by atoms with Crippen molar-refractivity contribution in [3.63, 3.8) is 0 Å². The predicted molar refractivity (Wildman–Crippen MR) is 77.5 cm³/mol. The molecule has 1 aromatic heterocycles. The molecule has 0 bridgehead atoms. The van der Waals surface area contributed by atoms with E-state index in [0.29, 0.717) is 6.42 Å². The van der Waals surface area contributed by atoms with Gasteiger partial charge in [-0.05, 0) is 28.5 Å². The largest absolute Gasteiger partial charge is 0.294 e. The molecule has 0 saturated carbocycles. The molecule has 2 heteroatoms. The van der Waals surface area contributed by atoms with Gasteiger partial charge >= 0.3 is 0 Å². The van der Waals surface area contributed by atoms with Crippen LogP contribution in [0.15, 0.2) is 41.8 Å². The van der Waals surface area contributed by atoms with Gasteiger partial charge in [0.15, 0.2) is 5.78 Å². The monoisotopic (exact) mass is 258 g/mol. The van der Waals surface area contributed by atoms with Crippen LogP contribution >= 0.6 is 11.3 Å². The van der Waals surface area contributed by atoms with E-state index < -0.39 is 0 Å². The number of benzene rings is 1. The van der Waals surface area contributed by atoms with Crippen molar-refractivity contribution in [3.05, 3.63) is 57.8 Å². The third-order valence-corrected chi connectivity index (χ3v) is 3.84. The van der Waals surface area contributed by atoms with E-state index in [9.17, 15) is 4.79 Å². The maximum absolute atomic E-state index is 12.2. The van der Waals surface area contributed by atoms with Crippen LogP contribution in [0.2, 0.25) is 0 Å². The van der Waals surface area contributed by atoms with E-state index in [1.807, 2.05) is 35.7 Å². The average molecular weight is 258 g/mol. The van der Waals surface area contributed by atoms with Gasteiger partial charge in [-0.15, -0.1) is 11.3 Å². The number of carbonyl (C=O) groups excluding carboxylic acids is 1. The van der Waals surface area contributed by atoms with Crippen LogP contribution in [0.5, 0.6) is 0 Å². The van der Waals surface area contributed by atoms with E-state index in [4.69, 9.17) is 0 Å². The van der Waals surface area contributed by atoms with E-state index in [1.54, 1.807) is 11.3 Å². The van der Waals surface area contributed by atoms with Gasteiger partial charge in [-0.2, -0.15) is 0 Å². The molecule has 0 saturated heterocycles. The summed E-state index contributed by atoms with van der Waals surface area (Å²) in [6, 6.07) is 12.0. The number of hydrogen-bond donors (Lipinski definition) is 0. The Labute approximate surface area is 112 Å². The molecule has 0 radical (unpaired) electrons. The van der Waals surface area contributed by atoms with Gasteiger partial charge in [0.05, 0.1) is 0 Å². The summed E-state index contributed by atoms with van der Waals surface area (Å²) < 4.78 is 0. The van der Waals surface area contributed by atoms with Crippen LogP contribution in [-0.2, 0) is 11.8 Å². The molecule has 0 atom stereocenters. The van der Waals surface area contributed by atoms with Crippen LogP contribution < -0.4 is 0 Å². The normalized spacial score (nSPS) is 11.5. The number of rotatable bonds is 3. The summed E-state index contributed by atoms with van der Waals surface area (Å²) in [5, 5.41) is 2.01. The Bertz CT molecular complexity index is 532. The Kier molecular flexibility index (Phi) is 3.67. The molecule has 2 rings (SSSR count). The highest BCUT2D eigenvalue weighted by Gasteiger charge is 2.15. The van der Waals surface area contributed by atoms with Crippen molar-refractivity contribution in [2.24, 2.45) is 0 Å². The zero-order valence-corrected chi connectivity index (χ0v) is 11.9. The summed E-state index contributed by atoms with van der Waals surface area (Å²) in [6.45, 7) is 6.49. The zero-order chi connectivity index (χ0) is 13.2. The molecular formula is C16H18OS. The Morgan fingerprint density at radius 3 is 2.56 bits per heavy atom. The summed E-state index contributed by atoms with van der Waals surface area (Å²) in [5.41, 5.74) is 2.11. The number of thiophene rings is 1.